The van der Waals surface area contributed by atoms with Crippen LogP contribution in [0.4, 0.5) is 0 Å². The third-order valence-corrected chi connectivity index (χ3v) is 2.87. The van der Waals surface area contributed by atoms with E-state index in [0.717, 1.165) is 0 Å². The number of methoxy groups -OCH3 is 2. The summed E-state index contributed by atoms with van der Waals surface area (Å²) in [6.45, 7) is -0.254. The van der Waals surface area contributed by atoms with Crippen molar-refractivity contribution >= 4 is 11.6 Å². The minimum atomic E-state index is -0.254. The van der Waals surface area contributed by atoms with Crippen LogP contribution in [0, 0.1) is 0 Å². The van der Waals surface area contributed by atoms with Gasteiger partial charge >= 0.3 is 6.01 Å². The van der Waals surface area contributed by atoms with Crippen molar-refractivity contribution < 1.29 is 19.3 Å². The van der Waals surface area contributed by atoms with Crippen LogP contribution in [0.25, 0.3) is 0 Å². The fraction of sp³-hybridized carbons (Fsp3) is 0.231. The number of aliphatic hydroxyl groups excluding tert-OH is 1. The Balaban J connectivity index is 2.37. The van der Waals surface area contributed by atoms with Gasteiger partial charge in [0.05, 0.1) is 26.9 Å². The number of hydrogen-bond acceptors (Lipinski definition) is 6. The van der Waals surface area contributed by atoms with E-state index in [9.17, 15) is 5.11 Å². The van der Waals surface area contributed by atoms with Crippen molar-refractivity contribution in [3.63, 3.8) is 0 Å². The molecule has 0 aliphatic rings. The summed E-state index contributed by atoms with van der Waals surface area (Å²) in [5.74, 6) is 0.981. The summed E-state index contributed by atoms with van der Waals surface area (Å²) in [5.41, 5.74) is 0.458. The van der Waals surface area contributed by atoms with Crippen LogP contribution in [-0.2, 0) is 6.61 Å². The first kappa shape index (κ1) is 14.4. The topological polar surface area (TPSA) is 73.7 Å². The number of aliphatic hydroxyl groups is 1. The molecule has 0 saturated heterocycles. The van der Waals surface area contributed by atoms with E-state index in [4.69, 9.17) is 25.8 Å². The zero-order valence-electron chi connectivity index (χ0n) is 11.0. The highest BCUT2D eigenvalue weighted by Gasteiger charge is 2.12. The zero-order chi connectivity index (χ0) is 14.5. The molecule has 6 nitrogen and oxygen atoms in total. The Morgan fingerprint density at radius 1 is 1.15 bits per heavy atom. The van der Waals surface area contributed by atoms with Crippen LogP contribution in [0.5, 0.6) is 23.5 Å². The van der Waals surface area contributed by atoms with Crippen molar-refractivity contribution in [3.05, 3.63) is 34.9 Å². The van der Waals surface area contributed by atoms with Gasteiger partial charge in [0, 0.05) is 10.6 Å². The lowest BCUT2D eigenvalue weighted by molar-refractivity contribution is 0.275. The lowest BCUT2D eigenvalue weighted by Crippen LogP contribution is -1.99. The molecule has 0 aliphatic carbocycles. The van der Waals surface area contributed by atoms with Crippen LogP contribution in [0.2, 0.25) is 5.02 Å². The Bertz CT molecular complexity index is 585. The average Bonchev–Trinajstić information content (AvgIpc) is 2.47. The highest BCUT2D eigenvalue weighted by Crippen LogP contribution is 2.30. The molecule has 1 heterocycles. The monoisotopic (exact) mass is 296 g/mol. The van der Waals surface area contributed by atoms with Crippen molar-refractivity contribution in [2.75, 3.05) is 14.2 Å². The minimum absolute atomic E-state index is 0.0400. The predicted octanol–water partition coefficient (Wildman–Crippen LogP) is 2.43. The van der Waals surface area contributed by atoms with E-state index in [2.05, 4.69) is 9.97 Å². The smallest absolute Gasteiger partial charge is 0.328 e. The fourth-order valence-electron chi connectivity index (χ4n) is 1.52. The molecule has 1 N–H and O–H groups in total. The van der Waals surface area contributed by atoms with Crippen molar-refractivity contribution in [1.29, 1.82) is 0 Å². The van der Waals surface area contributed by atoms with Crippen LogP contribution in [0.1, 0.15) is 5.56 Å². The molecule has 0 bridgehead atoms. The second-order valence-electron chi connectivity index (χ2n) is 3.71. The van der Waals surface area contributed by atoms with E-state index in [0.29, 0.717) is 28.1 Å². The van der Waals surface area contributed by atoms with Crippen LogP contribution < -0.4 is 14.2 Å². The molecule has 0 amide bonds. The SMILES string of the molecule is COc1cc(OC)nc(Oc2cccc(Cl)c2CO)n1. The molecule has 106 valence electrons. The molecule has 1 aromatic heterocycles. The Morgan fingerprint density at radius 2 is 1.80 bits per heavy atom. The zero-order valence-corrected chi connectivity index (χ0v) is 11.7. The van der Waals surface area contributed by atoms with Crippen molar-refractivity contribution in [2.24, 2.45) is 0 Å². The molecule has 0 spiro atoms. The summed E-state index contributed by atoms with van der Waals surface area (Å²) >= 11 is 5.98. The lowest BCUT2D eigenvalue weighted by atomic mass is 10.2. The van der Waals surface area contributed by atoms with Crippen molar-refractivity contribution in [1.82, 2.24) is 9.97 Å². The van der Waals surface area contributed by atoms with E-state index in [-0.39, 0.29) is 12.6 Å². The molecule has 2 aromatic rings. The van der Waals surface area contributed by atoms with Gasteiger partial charge in [-0.2, -0.15) is 9.97 Å². The maximum Gasteiger partial charge on any atom is 0.328 e. The third-order valence-electron chi connectivity index (χ3n) is 2.51. The van der Waals surface area contributed by atoms with Gasteiger partial charge in [0.25, 0.3) is 0 Å². The molecular weight excluding hydrogens is 284 g/mol. The average molecular weight is 297 g/mol. The van der Waals surface area contributed by atoms with E-state index in [1.165, 1.54) is 20.3 Å². The maximum absolute atomic E-state index is 9.32. The van der Waals surface area contributed by atoms with Gasteiger partial charge in [-0.1, -0.05) is 17.7 Å². The number of halogens is 1. The maximum atomic E-state index is 9.32. The Labute approximate surface area is 120 Å². The van der Waals surface area contributed by atoms with Gasteiger partial charge in [-0.3, -0.25) is 0 Å². The molecule has 7 heteroatoms. The van der Waals surface area contributed by atoms with Crippen LogP contribution in [0.15, 0.2) is 24.3 Å². The van der Waals surface area contributed by atoms with Crippen molar-refractivity contribution in [2.45, 2.75) is 6.61 Å². The second-order valence-corrected chi connectivity index (χ2v) is 4.12. The molecular formula is C13H13ClN2O4. The van der Waals surface area contributed by atoms with Crippen LogP contribution in [-0.4, -0.2) is 29.3 Å². The van der Waals surface area contributed by atoms with Gasteiger partial charge in [0.2, 0.25) is 11.8 Å². The van der Waals surface area contributed by atoms with E-state index in [1.807, 2.05) is 0 Å². The van der Waals surface area contributed by atoms with Crippen LogP contribution >= 0.6 is 11.6 Å². The first-order valence-electron chi connectivity index (χ1n) is 5.71. The molecule has 0 aliphatic heterocycles. The lowest BCUT2D eigenvalue weighted by Gasteiger charge is -2.11. The molecule has 1 aromatic carbocycles. The summed E-state index contributed by atoms with van der Waals surface area (Å²) in [4.78, 5) is 8.08. The first-order chi connectivity index (χ1) is 9.67. The minimum Gasteiger partial charge on any atom is -0.481 e. The number of aromatic nitrogens is 2. The Kier molecular flexibility index (Phi) is 4.60. The summed E-state index contributed by atoms with van der Waals surface area (Å²) < 4.78 is 15.6. The van der Waals surface area contributed by atoms with Gasteiger partial charge in [-0.25, -0.2) is 0 Å². The summed E-state index contributed by atoms with van der Waals surface area (Å²) in [7, 11) is 2.95. The van der Waals surface area contributed by atoms with Gasteiger partial charge in [-0.15, -0.1) is 0 Å². The van der Waals surface area contributed by atoms with Gasteiger partial charge in [0.1, 0.15) is 5.75 Å². The molecule has 0 saturated carbocycles. The van der Waals surface area contributed by atoms with Crippen LogP contribution in [0.3, 0.4) is 0 Å². The molecule has 20 heavy (non-hydrogen) atoms. The highest BCUT2D eigenvalue weighted by atomic mass is 35.5. The number of ether oxygens (including phenoxy) is 3. The molecule has 0 atom stereocenters. The summed E-state index contributed by atoms with van der Waals surface area (Å²) in [6, 6.07) is 6.59. The first-order valence-corrected chi connectivity index (χ1v) is 6.09. The van der Waals surface area contributed by atoms with Crippen molar-refractivity contribution in [3.8, 4) is 23.5 Å². The van der Waals surface area contributed by atoms with E-state index < -0.39 is 0 Å². The van der Waals surface area contributed by atoms with Gasteiger partial charge in [-0.05, 0) is 12.1 Å². The van der Waals surface area contributed by atoms with E-state index in [1.54, 1.807) is 18.2 Å². The summed E-state index contributed by atoms with van der Waals surface area (Å²) in [5, 5.41) is 9.73. The molecule has 0 radical (unpaired) electrons. The number of benzene rings is 1. The Morgan fingerprint density at radius 3 is 2.35 bits per heavy atom. The fourth-order valence-corrected chi connectivity index (χ4v) is 1.75. The normalized spacial score (nSPS) is 10.2. The number of hydrogen-bond donors (Lipinski definition) is 1. The predicted molar refractivity (Wildman–Crippen MR) is 72.6 cm³/mol. The number of rotatable bonds is 5. The summed E-state index contributed by atoms with van der Waals surface area (Å²) in [6.07, 6.45) is 0. The number of nitrogens with zero attached hydrogens (tertiary/aromatic N) is 2. The highest BCUT2D eigenvalue weighted by molar-refractivity contribution is 6.31. The van der Waals surface area contributed by atoms with Gasteiger partial charge < -0.3 is 19.3 Å². The molecule has 0 fully saturated rings. The molecule has 0 unspecified atom stereocenters. The third kappa shape index (κ3) is 3.09. The standard InChI is InChI=1S/C13H13ClN2O4/c1-18-11-6-12(19-2)16-13(15-11)20-10-5-3-4-9(14)8(10)7-17/h3-6,17H,7H2,1-2H3. The molecule has 2 rings (SSSR count). The second kappa shape index (κ2) is 6.40. The Hall–Kier alpha value is -2.05. The largest absolute Gasteiger partial charge is 0.481 e. The van der Waals surface area contributed by atoms with E-state index >= 15 is 0 Å². The van der Waals surface area contributed by atoms with Gasteiger partial charge in [0.15, 0.2) is 0 Å². The quantitative estimate of drug-likeness (QED) is 0.913.